The van der Waals surface area contributed by atoms with E-state index in [9.17, 15) is 19.7 Å². The molecule has 10 heteroatoms. The van der Waals surface area contributed by atoms with Crippen LogP contribution in [0.1, 0.15) is 25.5 Å². The van der Waals surface area contributed by atoms with Gasteiger partial charge in [-0.25, -0.2) is 0 Å². The molecule has 1 fully saturated rings. The predicted octanol–water partition coefficient (Wildman–Crippen LogP) is 2.68. The van der Waals surface area contributed by atoms with E-state index in [0.717, 1.165) is 0 Å². The summed E-state index contributed by atoms with van der Waals surface area (Å²) in [7, 11) is 0. The Morgan fingerprint density at radius 3 is 2.66 bits per heavy atom. The number of aryl methyl sites for hydroxylation is 1. The zero-order chi connectivity index (χ0) is 21.0. The molecule has 1 saturated heterocycles. The topological polar surface area (TPSA) is 128 Å². The Kier molecular flexibility index (Phi) is 6.10. The number of para-hydroxylation sites is 2. The first-order valence-electron chi connectivity index (χ1n) is 9.28. The highest BCUT2D eigenvalue weighted by atomic mass is 16.6. The van der Waals surface area contributed by atoms with Gasteiger partial charge >= 0.3 is 5.97 Å². The second-order valence-electron chi connectivity index (χ2n) is 6.90. The van der Waals surface area contributed by atoms with Crippen molar-refractivity contribution >= 4 is 29.1 Å². The number of hydrogen-bond acceptors (Lipinski definition) is 8. The molecule has 0 unspecified atom stereocenters. The molecule has 0 saturated carbocycles. The van der Waals surface area contributed by atoms with Crippen molar-refractivity contribution in [3.05, 3.63) is 46.2 Å². The number of aromatic nitrogens is 1. The zero-order valence-electron chi connectivity index (χ0n) is 16.2. The number of esters is 1. The molecule has 0 aliphatic carbocycles. The fourth-order valence-electron chi connectivity index (χ4n) is 3.22. The van der Waals surface area contributed by atoms with Crippen LogP contribution in [-0.4, -0.2) is 41.1 Å². The van der Waals surface area contributed by atoms with Gasteiger partial charge in [0.25, 0.3) is 11.6 Å². The minimum Gasteiger partial charge on any atom is -0.452 e. The second kappa shape index (κ2) is 8.72. The van der Waals surface area contributed by atoms with Crippen molar-refractivity contribution in [1.29, 1.82) is 0 Å². The van der Waals surface area contributed by atoms with Gasteiger partial charge in [0.15, 0.2) is 11.9 Å². The average molecular weight is 402 g/mol. The van der Waals surface area contributed by atoms with Gasteiger partial charge in [0.1, 0.15) is 11.4 Å². The number of piperidine rings is 1. The summed E-state index contributed by atoms with van der Waals surface area (Å²) >= 11 is 0. The molecule has 1 amide bonds. The zero-order valence-corrected chi connectivity index (χ0v) is 16.2. The molecule has 2 heterocycles. The number of carbonyl (C=O) groups excluding carboxylic acids is 2. The van der Waals surface area contributed by atoms with Crippen molar-refractivity contribution in [3.8, 4) is 0 Å². The summed E-state index contributed by atoms with van der Waals surface area (Å²) in [4.78, 5) is 37.3. The maximum Gasteiger partial charge on any atom is 0.309 e. The lowest BCUT2D eigenvalue weighted by Crippen LogP contribution is -2.39. The van der Waals surface area contributed by atoms with Crippen molar-refractivity contribution in [3.63, 3.8) is 0 Å². The van der Waals surface area contributed by atoms with Gasteiger partial charge in [0, 0.05) is 25.2 Å². The van der Waals surface area contributed by atoms with Crippen molar-refractivity contribution in [2.24, 2.45) is 5.92 Å². The maximum atomic E-state index is 12.4. The van der Waals surface area contributed by atoms with Gasteiger partial charge in [-0.3, -0.25) is 19.7 Å². The first-order chi connectivity index (χ1) is 13.8. The third-order valence-electron chi connectivity index (χ3n) is 4.79. The van der Waals surface area contributed by atoms with E-state index in [2.05, 4.69) is 10.5 Å². The van der Waals surface area contributed by atoms with Gasteiger partial charge < -0.3 is 19.5 Å². The van der Waals surface area contributed by atoms with E-state index in [1.54, 1.807) is 31.2 Å². The molecule has 0 bridgehead atoms. The lowest BCUT2D eigenvalue weighted by Gasteiger charge is -2.32. The fourth-order valence-corrected chi connectivity index (χ4v) is 3.22. The quantitative estimate of drug-likeness (QED) is 0.444. The standard InChI is InChI=1S/C19H22N4O6/c1-12-11-17(21-29-12)20-18(24)13(2)28-19(25)14-7-9-22(10-8-14)15-5-3-4-6-16(15)23(26)27/h3-6,11,13-14H,7-10H2,1-2H3,(H,20,21,24)/t13-/m1/s1. The minimum atomic E-state index is -0.979. The Balaban J connectivity index is 1.52. The van der Waals surface area contributed by atoms with Crippen LogP contribution < -0.4 is 10.2 Å². The average Bonchev–Trinajstić information content (AvgIpc) is 3.12. The lowest BCUT2D eigenvalue weighted by molar-refractivity contribution is -0.384. The number of nitro benzene ring substituents is 1. The first kappa shape index (κ1) is 20.3. The first-order valence-corrected chi connectivity index (χ1v) is 9.28. The SMILES string of the molecule is Cc1cc(NC(=O)[C@@H](C)OC(=O)C2CCN(c3ccccc3[N+](=O)[O-])CC2)no1. The van der Waals surface area contributed by atoms with Crippen molar-refractivity contribution in [1.82, 2.24) is 5.16 Å². The smallest absolute Gasteiger partial charge is 0.309 e. The van der Waals surface area contributed by atoms with Crippen molar-refractivity contribution in [2.45, 2.75) is 32.8 Å². The number of ether oxygens (including phenoxy) is 1. The number of amides is 1. The van der Waals surface area contributed by atoms with Gasteiger partial charge in [-0.15, -0.1) is 0 Å². The van der Waals surface area contributed by atoms with Crippen molar-refractivity contribution in [2.75, 3.05) is 23.3 Å². The summed E-state index contributed by atoms with van der Waals surface area (Å²) in [6.07, 6.45) is -0.00334. The number of nitrogens with one attached hydrogen (secondary N) is 1. The fraction of sp³-hybridized carbons (Fsp3) is 0.421. The molecule has 1 aromatic heterocycles. The van der Waals surface area contributed by atoms with Gasteiger partial charge in [-0.1, -0.05) is 17.3 Å². The summed E-state index contributed by atoms with van der Waals surface area (Å²) in [5.41, 5.74) is 0.585. The van der Waals surface area contributed by atoms with Crippen LogP contribution in [0.25, 0.3) is 0 Å². The Hall–Kier alpha value is -3.43. The van der Waals surface area contributed by atoms with E-state index in [4.69, 9.17) is 9.26 Å². The Labute approximate surface area is 166 Å². The summed E-state index contributed by atoms with van der Waals surface area (Å²) in [5, 5.41) is 17.4. The van der Waals surface area contributed by atoms with Crippen LogP contribution in [0.5, 0.6) is 0 Å². The van der Waals surface area contributed by atoms with E-state index in [0.29, 0.717) is 37.4 Å². The number of nitrogens with zero attached hydrogens (tertiary/aromatic N) is 3. The van der Waals surface area contributed by atoms with Crippen LogP contribution in [-0.2, 0) is 14.3 Å². The monoisotopic (exact) mass is 402 g/mol. The van der Waals surface area contributed by atoms with Gasteiger partial charge in [0.05, 0.1) is 10.8 Å². The highest BCUT2D eigenvalue weighted by Crippen LogP contribution is 2.31. The van der Waals surface area contributed by atoms with Gasteiger partial charge in [-0.2, -0.15) is 0 Å². The van der Waals surface area contributed by atoms with Gasteiger partial charge in [-0.05, 0) is 32.8 Å². The molecule has 1 aliphatic heterocycles. The molecule has 1 aliphatic rings. The molecule has 1 N–H and O–H groups in total. The largest absolute Gasteiger partial charge is 0.452 e. The molecule has 3 rings (SSSR count). The third kappa shape index (κ3) is 4.89. The van der Waals surface area contributed by atoms with E-state index >= 15 is 0 Å². The Bertz CT molecular complexity index is 904. The van der Waals surface area contributed by atoms with Crippen LogP contribution in [0.4, 0.5) is 17.2 Å². The molecular weight excluding hydrogens is 380 g/mol. The molecular formula is C19H22N4O6. The summed E-state index contributed by atoms with van der Waals surface area (Å²) < 4.78 is 10.2. The molecule has 1 atom stereocenters. The summed E-state index contributed by atoms with van der Waals surface area (Å²) in [6.45, 7) is 4.16. The molecule has 0 spiro atoms. The highest BCUT2D eigenvalue weighted by molar-refractivity contribution is 5.94. The van der Waals surface area contributed by atoms with Crippen LogP contribution in [0.15, 0.2) is 34.9 Å². The minimum absolute atomic E-state index is 0.0434. The molecule has 10 nitrogen and oxygen atoms in total. The normalized spacial score (nSPS) is 15.6. The molecule has 154 valence electrons. The number of anilines is 2. The number of carbonyl (C=O) groups is 2. The van der Waals surface area contributed by atoms with Crippen LogP contribution in [0.3, 0.4) is 0 Å². The van der Waals surface area contributed by atoms with E-state index in [1.165, 1.54) is 13.0 Å². The molecule has 1 aromatic carbocycles. The van der Waals surface area contributed by atoms with Crippen molar-refractivity contribution < 1.29 is 23.8 Å². The number of benzene rings is 1. The predicted molar refractivity (Wildman–Crippen MR) is 103 cm³/mol. The summed E-state index contributed by atoms with van der Waals surface area (Å²) in [6, 6.07) is 8.10. The lowest BCUT2D eigenvalue weighted by atomic mass is 9.96. The molecule has 29 heavy (non-hydrogen) atoms. The number of hydrogen-bond donors (Lipinski definition) is 1. The maximum absolute atomic E-state index is 12.4. The summed E-state index contributed by atoms with van der Waals surface area (Å²) in [5.74, 6) is -0.503. The van der Waals surface area contributed by atoms with E-state index < -0.39 is 22.9 Å². The number of rotatable bonds is 6. The van der Waals surface area contributed by atoms with E-state index in [1.807, 2.05) is 4.90 Å². The highest BCUT2D eigenvalue weighted by Gasteiger charge is 2.31. The number of nitro groups is 1. The third-order valence-corrected chi connectivity index (χ3v) is 4.79. The van der Waals surface area contributed by atoms with Crippen LogP contribution >= 0.6 is 0 Å². The van der Waals surface area contributed by atoms with E-state index in [-0.39, 0.29) is 17.4 Å². The van der Waals surface area contributed by atoms with Crippen LogP contribution in [0, 0.1) is 23.0 Å². The van der Waals surface area contributed by atoms with Crippen LogP contribution in [0.2, 0.25) is 0 Å². The van der Waals surface area contributed by atoms with Gasteiger partial charge in [0.2, 0.25) is 0 Å². The Morgan fingerprint density at radius 2 is 2.03 bits per heavy atom. The second-order valence-corrected chi connectivity index (χ2v) is 6.90. The molecule has 2 aromatic rings. The Morgan fingerprint density at radius 1 is 1.34 bits per heavy atom. The molecule has 0 radical (unpaired) electrons.